The van der Waals surface area contributed by atoms with E-state index >= 15 is 0 Å². The van der Waals surface area contributed by atoms with Crippen molar-refractivity contribution in [3.05, 3.63) is 53.6 Å². The van der Waals surface area contributed by atoms with Gasteiger partial charge in [0.1, 0.15) is 5.75 Å². The molecule has 2 aromatic rings. The number of nitrogens with one attached hydrogen (secondary N) is 1. The summed E-state index contributed by atoms with van der Waals surface area (Å²) in [6, 6.07) is 12.8. The van der Waals surface area contributed by atoms with Gasteiger partial charge in [-0.15, -0.1) is 0 Å². The summed E-state index contributed by atoms with van der Waals surface area (Å²) in [6.07, 6.45) is 1.92. The van der Waals surface area contributed by atoms with Gasteiger partial charge in [-0.05, 0) is 75.6 Å². The second kappa shape index (κ2) is 9.78. The first kappa shape index (κ1) is 22.7. The van der Waals surface area contributed by atoms with Crippen LogP contribution in [0.5, 0.6) is 5.75 Å². The second-order valence-electron chi connectivity index (χ2n) is 7.40. The van der Waals surface area contributed by atoms with E-state index in [-0.39, 0.29) is 25.0 Å². The first-order valence-electron chi connectivity index (χ1n) is 9.68. The predicted molar refractivity (Wildman–Crippen MR) is 118 cm³/mol. The number of anilines is 2. The summed E-state index contributed by atoms with van der Waals surface area (Å²) in [6.45, 7) is 8.01. The Morgan fingerprint density at radius 2 is 1.76 bits per heavy atom. The van der Waals surface area contributed by atoms with E-state index in [9.17, 15) is 13.2 Å². The first-order valence-corrected chi connectivity index (χ1v) is 11.5. The van der Waals surface area contributed by atoms with E-state index in [1.54, 1.807) is 18.2 Å². The largest absolute Gasteiger partial charge is 0.491 e. The van der Waals surface area contributed by atoms with Gasteiger partial charge in [-0.25, -0.2) is 8.42 Å². The molecule has 0 aliphatic carbocycles. The Hall–Kier alpha value is -2.54. The summed E-state index contributed by atoms with van der Waals surface area (Å²) in [5.74, 6) is 0.590. The van der Waals surface area contributed by atoms with Gasteiger partial charge in [0, 0.05) is 18.7 Å². The van der Waals surface area contributed by atoms with Crippen LogP contribution in [0.4, 0.5) is 11.4 Å². The summed E-state index contributed by atoms with van der Waals surface area (Å²) in [5, 5.41) is 2.83. The van der Waals surface area contributed by atoms with Crippen LogP contribution in [0.3, 0.4) is 0 Å². The van der Waals surface area contributed by atoms with Crippen LogP contribution in [-0.4, -0.2) is 33.2 Å². The van der Waals surface area contributed by atoms with Gasteiger partial charge in [-0.2, -0.15) is 0 Å². The lowest BCUT2D eigenvalue weighted by Gasteiger charge is -2.24. The van der Waals surface area contributed by atoms with E-state index in [2.05, 4.69) is 5.32 Å². The van der Waals surface area contributed by atoms with Crippen LogP contribution < -0.4 is 14.4 Å². The molecule has 0 saturated carbocycles. The molecule has 0 aliphatic rings. The number of benzene rings is 2. The minimum atomic E-state index is -3.44. The molecule has 0 saturated heterocycles. The molecule has 2 aromatic carbocycles. The van der Waals surface area contributed by atoms with Crippen LogP contribution in [0.1, 0.15) is 37.8 Å². The monoisotopic (exact) mass is 418 g/mol. The molecular formula is C22H30N2O4S. The van der Waals surface area contributed by atoms with E-state index in [1.807, 2.05) is 52.0 Å². The molecule has 1 N–H and O–H groups in total. The van der Waals surface area contributed by atoms with Crippen LogP contribution in [0.15, 0.2) is 42.5 Å². The SMILES string of the molecule is Cc1cccc(N(CCCC(=O)Nc2ccc(OC(C)C)cc2)S(C)(=O)=O)c1C. The Morgan fingerprint density at radius 1 is 1.10 bits per heavy atom. The van der Waals surface area contributed by atoms with Gasteiger partial charge < -0.3 is 10.1 Å². The van der Waals surface area contributed by atoms with Gasteiger partial charge in [0.2, 0.25) is 15.9 Å². The van der Waals surface area contributed by atoms with Crippen molar-refractivity contribution in [3.8, 4) is 5.75 Å². The highest BCUT2D eigenvalue weighted by atomic mass is 32.2. The Bertz CT molecular complexity index is 938. The number of ether oxygens (including phenoxy) is 1. The summed E-state index contributed by atoms with van der Waals surface area (Å²) < 4.78 is 31.5. The van der Waals surface area contributed by atoms with Crippen LogP contribution in [0.2, 0.25) is 0 Å². The number of carbonyl (C=O) groups is 1. The fourth-order valence-corrected chi connectivity index (χ4v) is 3.98. The van der Waals surface area contributed by atoms with E-state index in [0.29, 0.717) is 17.8 Å². The quantitative estimate of drug-likeness (QED) is 0.660. The van der Waals surface area contributed by atoms with Crippen molar-refractivity contribution in [1.82, 2.24) is 0 Å². The number of nitrogens with zero attached hydrogens (tertiary/aromatic N) is 1. The van der Waals surface area contributed by atoms with Crippen molar-refractivity contribution in [3.63, 3.8) is 0 Å². The Morgan fingerprint density at radius 3 is 2.34 bits per heavy atom. The maximum Gasteiger partial charge on any atom is 0.232 e. The molecule has 0 aromatic heterocycles. The molecule has 0 bridgehead atoms. The zero-order chi connectivity index (χ0) is 21.6. The van der Waals surface area contributed by atoms with E-state index in [1.165, 1.54) is 10.6 Å². The highest BCUT2D eigenvalue weighted by Crippen LogP contribution is 2.25. The van der Waals surface area contributed by atoms with Crippen molar-refractivity contribution in [1.29, 1.82) is 0 Å². The molecule has 29 heavy (non-hydrogen) atoms. The normalized spacial score (nSPS) is 11.4. The molecule has 2 rings (SSSR count). The number of amides is 1. The van der Waals surface area contributed by atoms with E-state index in [4.69, 9.17) is 4.74 Å². The van der Waals surface area contributed by atoms with Crippen molar-refractivity contribution >= 4 is 27.3 Å². The van der Waals surface area contributed by atoms with Gasteiger partial charge in [-0.3, -0.25) is 9.10 Å². The number of rotatable bonds is 9. The number of hydrogen-bond acceptors (Lipinski definition) is 4. The van der Waals surface area contributed by atoms with Crippen molar-refractivity contribution in [2.75, 3.05) is 22.4 Å². The van der Waals surface area contributed by atoms with Gasteiger partial charge >= 0.3 is 0 Å². The van der Waals surface area contributed by atoms with Crippen LogP contribution in [0, 0.1) is 13.8 Å². The number of hydrogen-bond donors (Lipinski definition) is 1. The Balaban J connectivity index is 1.95. The van der Waals surface area contributed by atoms with Crippen molar-refractivity contribution in [2.24, 2.45) is 0 Å². The molecular weight excluding hydrogens is 388 g/mol. The van der Waals surface area contributed by atoms with Gasteiger partial charge in [0.15, 0.2) is 0 Å². The molecule has 0 spiro atoms. The first-order chi connectivity index (χ1) is 13.6. The molecule has 0 radical (unpaired) electrons. The Kier molecular flexibility index (Phi) is 7.67. The average Bonchev–Trinajstić information content (AvgIpc) is 2.62. The third-order valence-electron chi connectivity index (χ3n) is 4.52. The topological polar surface area (TPSA) is 75.7 Å². The Labute approximate surface area is 173 Å². The summed E-state index contributed by atoms with van der Waals surface area (Å²) in [5.41, 5.74) is 3.29. The predicted octanol–water partition coefficient (Wildman–Crippen LogP) is 4.28. The maximum absolute atomic E-state index is 12.3. The molecule has 0 atom stereocenters. The van der Waals surface area contributed by atoms with Gasteiger partial charge in [0.05, 0.1) is 18.0 Å². The molecule has 0 heterocycles. The lowest BCUT2D eigenvalue weighted by molar-refractivity contribution is -0.116. The maximum atomic E-state index is 12.3. The summed E-state index contributed by atoms with van der Waals surface area (Å²) >= 11 is 0. The van der Waals surface area contributed by atoms with Crippen LogP contribution in [0.25, 0.3) is 0 Å². The van der Waals surface area contributed by atoms with Crippen LogP contribution >= 0.6 is 0 Å². The molecule has 1 amide bonds. The van der Waals surface area contributed by atoms with E-state index in [0.717, 1.165) is 16.9 Å². The highest BCUT2D eigenvalue weighted by Gasteiger charge is 2.19. The van der Waals surface area contributed by atoms with Crippen molar-refractivity contribution in [2.45, 2.75) is 46.6 Å². The van der Waals surface area contributed by atoms with Crippen molar-refractivity contribution < 1.29 is 17.9 Å². The highest BCUT2D eigenvalue weighted by molar-refractivity contribution is 7.92. The van der Waals surface area contributed by atoms with Gasteiger partial charge in [-0.1, -0.05) is 12.1 Å². The molecule has 7 heteroatoms. The average molecular weight is 419 g/mol. The third-order valence-corrected chi connectivity index (χ3v) is 5.70. The second-order valence-corrected chi connectivity index (χ2v) is 9.30. The lowest BCUT2D eigenvalue weighted by Crippen LogP contribution is -2.32. The standard InChI is InChI=1S/C22H30N2O4S/c1-16(2)28-20-13-11-19(12-14-20)23-22(25)10-7-15-24(29(5,26)27)21-9-6-8-17(3)18(21)4/h6,8-9,11-14,16H,7,10,15H2,1-5H3,(H,23,25). The number of aryl methyl sites for hydroxylation is 1. The minimum Gasteiger partial charge on any atom is -0.491 e. The number of sulfonamides is 1. The molecule has 0 fully saturated rings. The zero-order valence-corrected chi connectivity index (χ0v) is 18.5. The third kappa shape index (κ3) is 6.78. The lowest BCUT2D eigenvalue weighted by atomic mass is 10.1. The molecule has 158 valence electrons. The smallest absolute Gasteiger partial charge is 0.232 e. The summed E-state index contributed by atoms with van der Waals surface area (Å²) in [7, 11) is -3.44. The number of carbonyl (C=O) groups excluding carboxylic acids is 1. The molecule has 6 nitrogen and oxygen atoms in total. The van der Waals surface area contributed by atoms with Crippen LogP contribution in [-0.2, 0) is 14.8 Å². The van der Waals surface area contributed by atoms with Gasteiger partial charge in [0.25, 0.3) is 0 Å². The van der Waals surface area contributed by atoms with E-state index < -0.39 is 10.0 Å². The molecule has 0 aliphatic heterocycles. The fourth-order valence-electron chi connectivity index (χ4n) is 2.97. The minimum absolute atomic E-state index is 0.0882. The zero-order valence-electron chi connectivity index (χ0n) is 17.7. The fraction of sp³-hybridized carbons (Fsp3) is 0.409. The molecule has 0 unspecified atom stereocenters. The summed E-state index contributed by atoms with van der Waals surface area (Å²) in [4.78, 5) is 12.3.